The number of rotatable bonds is 1. The highest BCUT2D eigenvalue weighted by molar-refractivity contribution is 5.88. The van der Waals surface area contributed by atoms with Gasteiger partial charge in [0.1, 0.15) is 11.3 Å². The van der Waals surface area contributed by atoms with Crippen molar-refractivity contribution in [2.75, 3.05) is 7.11 Å². The molecule has 0 spiro atoms. The van der Waals surface area contributed by atoms with Gasteiger partial charge >= 0.3 is 0 Å². The van der Waals surface area contributed by atoms with E-state index in [1.54, 1.807) is 7.11 Å². The van der Waals surface area contributed by atoms with Crippen molar-refractivity contribution in [1.82, 2.24) is 4.98 Å². The molecule has 2 nitrogen and oxygen atoms in total. The third-order valence-corrected chi connectivity index (χ3v) is 2.76. The molecule has 2 heteroatoms. The van der Waals surface area contributed by atoms with Crippen LogP contribution in [0.15, 0.2) is 30.5 Å². The zero-order chi connectivity index (χ0) is 11.8. The summed E-state index contributed by atoms with van der Waals surface area (Å²) < 4.78 is 5.33. The maximum atomic E-state index is 5.33. The fourth-order valence-electron chi connectivity index (χ4n) is 1.97. The minimum Gasteiger partial charge on any atom is -0.494 e. The number of ether oxygens (including phenoxy) is 1. The summed E-state index contributed by atoms with van der Waals surface area (Å²) in [5.74, 6) is 0.837. The molecule has 1 aromatic carbocycles. The minimum absolute atomic E-state index is 0.119. The zero-order valence-electron chi connectivity index (χ0n) is 10.2. The van der Waals surface area contributed by atoms with Crippen LogP contribution in [0.2, 0.25) is 0 Å². The number of hydrogen-bond donors (Lipinski definition) is 0. The van der Waals surface area contributed by atoms with E-state index in [4.69, 9.17) is 4.74 Å². The van der Waals surface area contributed by atoms with Gasteiger partial charge in [-0.2, -0.15) is 0 Å². The van der Waals surface area contributed by atoms with Crippen LogP contribution in [0.3, 0.4) is 0 Å². The predicted molar refractivity (Wildman–Crippen MR) is 67.0 cm³/mol. The Labute approximate surface area is 96.3 Å². The molecule has 84 valence electrons. The molecule has 1 aromatic heterocycles. The summed E-state index contributed by atoms with van der Waals surface area (Å²) in [4.78, 5) is 4.40. The van der Waals surface area contributed by atoms with Crippen molar-refractivity contribution >= 4 is 10.9 Å². The normalized spacial score (nSPS) is 11.8. The van der Waals surface area contributed by atoms with Gasteiger partial charge in [0.25, 0.3) is 0 Å². The van der Waals surface area contributed by atoms with E-state index in [-0.39, 0.29) is 5.41 Å². The lowest BCUT2D eigenvalue weighted by atomic mass is 9.85. The Morgan fingerprint density at radius 3 is 2.50 bits per heavy atom. The maximum Gasteiger partial charge on any atom is 0.145 e. The number of hydrogen-bond acceptors (Lipinski definition) is 2. The van der Waals surface area contributed by atoms with Gasteiger partial charge in [-0.15, -0.1) is 0 Å². The molecule has 0 aliphatic heterocycles. The van der Waals surface area contributed by atoms with Gasteiger partial charge in [0.05, 0.1) is 7.11 Å². The van der Waals surface area contributed by atoms with E-state index in [1.807, 2.05) is 18.3 Å². The summed E-state index contributed by atoms with van der Waals surface area (Å²) in [6.45, 7) is 6.63. The maximum absolute atomic E-state index is 5.33. The summed E-state index contributed by atoms with van der Waals surface area (Å²) in [6.07, 6.45) is 1.85. The van der Waals surface area contributed by atoms with Gasteiger partial charge in [-0.3, -0.25) is 4.98 Å². The Kier molecular flexibility index (Phi) is 2.58. The van der Waals surface area contributed by atoms with Gasteiger partial charge in [0.15, 0.2) is 0 Å². The fourth-order valence-corrected chi connectivity index (χ4v) is 1.97. The molecule has 0 bridgehead atoms. The van der Waals surface area contributed by atoms with Crippen molar-refractivity contribution in [2.45, 2.75) is 26.2 Å². The SMILES string of the molecule is COc1cccc2c(C(C)(C)C)ccnc12. The van der Waals surface area contributed by atoms with Gasteiger partial charge in [-0.05, 0) is 23.1 Å². The van der Waals surface area contributed by atoms with E-state index in [0.29, 0.717) is 0 Å². The van der Waals surface area contributed by atoms with Crippen LogP contribution in [0.25, 0.3) is 10.9 Å². The summed E-state index contributed by atoms with van der Waals surface area (Å²) in [5.41, 5.74) is 2.36. The number of methoxy groups -OCH3 is 1. The second kappa shape index (κ2) is 3.78. The van der Waals surface area contributed by atoms with Crippen molar-refractivity contribution in [3.8, 4) is 5.75 Å². The van der Waals surface area contributed by atoms with Gasteiger partial charge in [-0.25, -0.2) is 0 Å². The number of pyridine rings is 1. The molecule has 0 N–H and O–H groups in total. The number of benzene rings is 1. The first-order chi connectivity index (χ1) is 7.54. The predicted octanol–water partition coefficient (Wildman–Crippen LogP) is 3.54. The molecule has 1 heterocycles. The first-order valence-corrected chi connectivity index (χ1v) is 5.46. The van der Waals surface area contributed by atoms with Crippen LogP contribution in [0.5, 0.6) is 5.75 Å². The van der Waals surface area contributed by atoms with E-state index in [0.717, 1.165) is 11.3 Å². The average molecular weight is 215 g/mol. The van der Waals surface area contributed by atoms with E-state index < -0.39 is 0 Å². The lowest BCUT2D eigenvalue weighted by Crippen LogP contribution is -2.12. The van der Waals surface area contributed by atoms with Gasteiger partial charge < -0.3 is 4.74 Å². The molecule has 0 aliphatic carbocycles. The molecule has 0 saturated heterocycles. The van der Waals surface area contributed by atoms with E-state index in [2.05, 4.69) is 37.9 Å². The topological polar surface area (TPSA) is 22.1 Å². The summed E-state index contributed by atoms with van der Waals surface area (Å²) >= 11 is 0. The highest BCUT2D eigenvalue weighted by Crippen LogP contribution is 2.32. The lowest BCUT2D eigenvalue weighted by Gasteiger charge is -2.21. The van der Waals surface area contributed by atoms with Gasteiger partial charge in [0.2, 0.25) is 0 Å². The molecule has 0 atom stereocenters. The van der Waals surface area contributed by atoms with Gasteiger partial charge in [0, 0.05) is 11.6 Å². The molecule has 2 rings (SSSR count). The van der Waals surface area contributed by atoms with Crippen LogP contribution < -0.4 is 4.74 Å². The first-order valence-electron chi connectivity index (χ1n) is 5.46. The van der Waals surface area contributed by atoms with Crippen molar-refractivity contribution in [2.24, 2.45) is 0 Å². The van der Waals surface area contributed by atoms with E-state index in [1.165, 1.54) is 10.9 Å². The fraction of sp³-hybridized carbons (Fsp3) is 0.357. The Morgan fingerprint density at radius 2 is 1.88 bits per heavy atom. The Morgan fingerprint density at radius 1 is 1.12 bits per heavy atom. The molecule has 0 unspecified atom stereocenters. The molecule has 0 fully saturated rings. The van der Waals surface area contributed by atoms with Crippen LogP contribution in [0.4, 0.5) is 0 Å². The van der Waals surface area contributed by atoms with Crippen LogP contribution in [-0.4, -0.2) is 12.1 Å². The van der Waals surface area contributed by atoms with Crippen LogP contribution in [0, 0.1) is 0 Å². The van der Waals surface area contributed by atoms with Crippen molar-refractivity contribution in [1.29, 1.82) is 0 Å². The van der Waals surface area contributed by atoms with Crippen molar-refractivity contribution in [3.63, 3.8) is 0 Å². The van der Waals surface area contributed by atoms with Crippen LogP contribution in [0.1, 0.15) is 26.3 Å². The van der Waals surface area contributed by atoms with Crippen LogP contribution in [-0.2, 0) is 5.41 Å². The molecule has 0 radical (unpaired) electrons. The number of nitrogens with zero attached hydrogens (tertiary/aromatic N) is 1. The molecule has 16 heavy (non-hydrogen) atoms. The molecule has 0 amide bonds. The molecular formula is C14H17NO. The summed E-state index contributed by atoms with van der Waals surface area (Å²) in [6, 6.07) is 8.15. The van der Waals surface area contributed by atoms with Crippen molar-refractivity contribution < 1.29 is 4.74 Å². The van der Waals surface area contributed by atoms with E-state index in [9.17, 15) is 0 Å². The van der Waals surface area contributed by atoms with Crippen molar-refractivity contribution in [3.05, 3.63) is 36.0 Å². The highest BCUT2D eigenvalue weighted by Gasteiger charge is 2.17. The minimum atomic E-state index is 0.119. The Hall–Kier alpha value is -1.57. The zero-order valence-corrected chi connectivity index (χ0v) is 10.2. The first kappa shape index (κ1) is 10.9. The molecular weight excluding hydrogens is 198 g/mol. The summed E-state index contributed by atoms with van der Waals surface area (Å²) in [7, 11) is 1.68. The molecule has 0 saturated carbocycles. The molecule has 2 aromatic rings. The number of para-hydroxylation sites is 1. The second-order valence-corrected chi connectivity index (χ2v) is 4.96. The largest absolute Gasteiger partial charge is 0.494 e. The Bertz CT molecular complexity index is 512. The van der Waals surface area contributed by atoms with Gasteiger partial charge in [-0.1, -0.05) is 32.9 Å². The molecule has 0 aliphatic rings. The smallest absolute Gasteiger partial charge is 0.145 e. The number of fused-ring (bicyclic) bond motifs is 1. The van der Waals surface area contributed by atoms with Crippen LogP contribution >= 0.6 is 0 Å². The quantitative estimate of drug-likeness (QED) is 0.726. The second-order valence-electron chi connectivity index (χ2n) is 4.96. The monoisotopic (exact) mass is 215 g/mol. The third kappa shape index (κ3) is 1.75. The highest BCUT2D eigenvalue weighted by atomic mass is 16.5. The number of aromatic nitrogens is 1. The lowest BCUT2D eigenvalue weighted by molar-refractivity contribution is 0.419. The third-order valence-electron chi connectivity index (χ3n) is 2.76. The standard InChI is InChI=1S/C14H17NO/c1-14(2,3)11-8-9-15-13-10(11)6-5-7-12(13)16-4/h5-9H,1-4H3. The van der Waals surface area contributed by atoms with E-state index >= 15 is 0 Å². The summed E-state index contributed by atoms with van der Waals surface area (Å²) in [5, 5.41) is 1.18. The average Bonchev–Trinajstić information content (AvgIpc) is 2.26. The Balaban J connectivity index is 2.79.